The van der Waals surface area contributed by atoms with E-state index in [0.717, 1.165) is 16.8 Å². The summed E-state index contributed by atoms with van der Waals surface area (Å²) >= 11 is 6.60. The summed E-state index contributed by atoms with van der Waals surface area (Å²) in [5.74, 6) is -0.349. The molecule has 33 heavy (non-hydrogen) atoms. The Morgan fingerprint density at radius 3 is 2.39 bits per heavy atom. The molecule has 0 saturated carbocycles. The van der Waals surface area contributed by atoms with Gasteiger partial charge < -0.3 is 5.32 Å². The molecular formula is C23H22ClN5O3S. The van der Waals surface area contributed by atoms with Crippen LogP contribution in [0.3, 0.4) is 0 Å². The lowest BCUT2D eigenvalue weighted by atomic mass is 10.1. The van der Waals surface area contributed by atoms with Gasteiger partial charge in [0.15, 0.2) is 5.65 Å². The standard InChI is InChI=1S/C23H22ClN5O3S/c1-14-3-7-17(8-4-14)29-22-20(15(2)28-29)21(24)19(13-27-22)23(30)26-12-11-16-5-9-18(10-6-16)33(25,31)32/h3-10,13H,11-12H2,1-2H3,(H,26,30)(H2,25,31,32). The molecule has 0 radical (unpaired) electrons. The molecule has 4 aromatic rings. The van der Waals surface area contributed by atoms with Gasteiger partial charge >= 0.3 is 0 Å². The summed E-state index contributed by atoms with van der Waals surface area (Å²) < 4.78 is 24.4. The van der Waals surface area contributed by atoms with Gasteiger partial charge in [0.25, 0.3) is 5.91 Å². The Morgan fingerprint density at radius 1 is 1.09 bits per heavy atom. The maximum atomic E-state index is 12.8. The first-order chi connectivity index (χ1) is 15.6. The van der Waals surface area contributed by atoms with Crippen molar-refractivity contribution in [3.63, 3.8) is 0 Å². The van der Waals surface area contributed by atoms with E-state index in [9.17, 15) is 13.2 Å². The van der Waals surface area contributed by atoms with Crippen molar-refractivity contribution in [2.75, 3.05) is 6.54 Å². The van der Waals surface area contributed by atoms with Crippen LogP contribution in [0, 0.1) is 13.8 Å². The third kappa shape index (κ3) is 4.75. The van der Waals surface area contributed by atoms with Crippen molar-refractivity contribution >= 4 is 38.6 Å². The first-order valence-electron chi connectivity index (χ1n) is 10.2. The van der Waals surface area contributed by atoms with Crippen molar-refractivity contribution in [2.45, 2.75) is 25.2 Å². The number of hydrogen-bond donors (Lipinski definition) is 2. The molecular weight excluding hydrogens is 462 g/mol. The lowest BCUT2D eigenvalue weighted by Gasteiger charge is -2.09. The average molecular weight is 484 g/mol. The summed E-state index contributed by atoms with van der Waals surface area (Å²) in [6, 6.07) is 14.1. The molecule has 0 spiro atoms. The van der Waals surface area contributed by atoms with Crippen LogP contribution in [0.5, 0.6) is 0 Å². The average Bonchev–Trinajstić information content (AvgIpc) is 3.11. The SMILES string of the molecule is Cc1ccc(-n2nc(C)c3c(Cl)c(C(=O)NCCc4ccc(S(N)(=O)=O)cc4)cnc32)cc1. The number of pyridine rings is 1. The van der Waals surface area contributed by atoms with Crippen molar-refractivity contribution in [2.24, 2.45) is 5.14 Å². The van der Waals surface area contributed by atoms with Crippen molar-refractivity contribution in [3.05, 3.63) is 82.1 Å². The van der Waals surface area contributed by atoms with Crippen LogP contribution in [0.2, 0.25) is 5.02 Å². The molecule has 170 valence electrons. The Balaban J connectivity index is 1.51. The lowest BCUT2D eigenvalue weighted by molar-refractivity contribution is 0.0954. The number of aryl methyl sites for hydroxylation is 2. The third-order valence-corrected chi connectivity index (χ3v) is 6.60. The van der Waals surface area contributed by atoms with Gasteiger partial charge in [0.2, 0.25) is 10.0 Å². The van der Waals surface area contributed by atoms with E-state index < -0.39 is 10.0 Å². The second kappa shape index (κ2) is 8.93. The Kier molecular flexibility index (Phi) is 6.20. The Hall–Kier alpha value is -3.27. The maximum absolute atomic E-state index is 12.8. The van der Waals surface area contributed by atoms with Crippen LogP contribution in [0.25, 0.3) is 16.7 Å². The number of nitrogens with one attached hydrogen (secondary N) is 1. The van der Waals surface area contributed by atoms with Gasteiger partial charge in [0.05, 0.1) is 32.2 Å². The monoisotopic (exact) mass is 483 g/mol. The second-order valence-corrected chi connectivity index (χ2v) is 9.65. The summed E-state index contributed by atoms with van der Waals surface area (Å²) in [5, 5.41) is 13.4. The van der Waals surface area contributed by atoms with Crippen molar-refractivity contribution in [1.82, 2.24) is 20.1 Å². The molecule has 2 aromatic heterocycles. The van der Waals surface area contributed by atoms with Gasteiger partial charge in [0.1, 0.15) is 0 Å². The van der Waals surface area contributed by atoms with Crippen molar-refractivity contribution < 1.29 is 13.2 Å². The van der Waals surface area contributed by atoms with E-state index in [2.05, 4.69) is 15.4 Å². The second-order valence-electron chi connectivity index (χ2n) is 7.71. The molecule has 4 rings (SSSR count). The molecule has 2 heterocycles. The lowest BCUT2D eigenvalue weighted by Crippen LogP contribution is -2.26. The minimum Gasteiger partial charge on any atom is -0.352 e. The normalized spacial score (nSPS) is 11.6. The predicted molar refractivity (Wildman–Crippen MR) is 127 cm³/mol. The van der Waals surface area contributed by atoms with Crippen LogP contribution in [0.4, 0.5) is 0 Å². The first-order valence-corrected chi connectivity index (χ1v) is 12.1. The van der Waals surface area contributed by atoms with Crippen molar-refractivity contribution in [3.8, 4) is 5.69 Å². The van der Waals surface area contributed by atoms with Crippen molar-refractivity contribution in [1.29, 1.82) is 0 Å². The number of halogens is 1. The Bertz CT molecular complexity index is 1450. The van der Waals surface area contributed by atoms with Crippen LogP contribution in [-0.4, -0.2) is 35.6 Å². The summed E-state index contributed by atoms with van der Waals surface area (Å²) in [5.41, 5.74) is 4.36. The van der Waals surface area contributed by atoms with Gasteiger partial charge in [-0.25, -0.2) is 23.2 Å². The smallest absolute Gasteiger partial charge is 0.254 e. The number of aromatic nitrogens is 3. The van der Waals surface area contributed by atoms with Gasteiger partial charge in [0, 0.05) is 12.7 Å². The number of carbonyl (C=O) groups is 1. The molecule has 10 heteroatoms. The predicted octanol–water partition coefficient (Wildman–Crippen LogP) is 3.31. The van der Waals surface area contributed by atoms with Gasteiger partial charge in [-0.1, -0.05) is 41.4 Å². The molecule has 0 fully saturated rings. The largest absolute Gasteiger partial charge is 0.352 e. The van der Waals surface area contributed by atoms with E-state index in [4.69, 9.17) is 16.7 Å². The number of primary sulfonamides is 1. The zero-order chi connectivity index (χ0) is 23.8. The van der Waals surface area contributed by atoms with Crippen LogP contribution in [-0.2, 0) is 16.4 Å². The number of rotatable bonds is 6. The van der Waals surface area contributed by atoms with E-state index in [1.807, 2.05) is 38.1 Å². The highest BCUT2D eigenvalue weighted by atomic mass is 35.5. The van der Waals surface area contributed by atoms with Gasteiger partial charge in [-0.15, -0.1) is 0 Å². The molecule has 0 aliphatic rings. The minimum absolute atomic E-state index is 0.0444. The highest BCUT2D eigenvalue weighted by Crippen LogP contribution is 2.30. The molecule has 0 unspecified atom stereocenters. The van der Waals surface area contributed by atoms with Gasteiger partial charge in [-0.2, -0.15) is 5.10 Å². The molecule has 0 aliphatic carbocycles. The molecule has 3 N–H and O–H groups in total. The van der Waals surface area contributed by atoms with E-state index in [1.165, 1.54) is 18.3 Å². The van der Waals surface area contributed by atoms with E-state index in [1.54, 1.807) is 16.8 Å². The van der Waals surface area contributed by atoms with Crippen LogP contribution in [0.15, 0.2) is 59.6 Å². The number of hydrogen-bond acceptors (Lipinski definition) is 5. The summed E-state index contributed by atoms with van der Waals surface area (Å²) in [4.78, 5) is 17.3. The number of sulfonamides is 1. The van der Waals surface area contributed by atoms with Crippen LogP contribution in [0.1, 0.15) is 27.2 Å². The fourth-order valence-electron chi connectivity index (χ4n) is 3.49. The van der Waals surface area contributed by atoms with E-state index in [-0.39, 0.29) is 16.4 Å². The Labute approximate surface area is 196 Å². The fraction of sp³-hybridized carbons (Fsp3) is 0.174. The van der Waals surface area contributed by atoms with E-state index >= 15 is 0 Å². The summed E-state index contributed by atoms with van der Waals surface area (Å²) in [6.45, 7) is 4.17. The highest BCUT2D eigenvalue weighted by molar-refractivity contribution is 7.89. The van der Waals surface area contributed by atoms with Crippen LogP contribution < -0.4 is 10.5 Å². The number of nitrogens with zero attached hydrogens (tertiary/aromatic N) is 3. The van der Waals surface area contributed by atoms with Gasteiger partial charge in [-0.3, -0.25) is 4.79 Å². The highest BCUT2D eigenvalue weighted by Gasteiger charge is 2.20. The molecule has 0 bridgehead atoms. The molecule has 0 saturated heterocycles. The molecule has 0 aliphatic heterocycles. The maximum Gasteiger partial charge on any atom is 0.254 e. The third-order valence-electron chi connectivity index (χ3n) is 5.28. The molecule has 0 atom stereocenters. The molecule has 8 nitrogen and oxygen atoms in total. The Morgan fingerprint density at radius 2 is 1.76 bits per heavy atom. The molecule has 2 aromatic carbocycles. The molecule has 1 amide bonds. The minimum atomic E-state index is -3.73. The number of carbonyl (C=O) groups excluding carboxylic acids is 1. The zero-order valence-electron chi connectivity index (χ0n) is 18.0. The number of nitrogens with two attached hydrogens (primary N) is 1. The topological polar surface area (TPSA) is 120 Å². The zero-order valence-corrected chi connectivity index (χ0v) is 19.6. The number of fused-ring (bicyclic) bond motifs is 1. The summed E-state index contributed by atoms with van der Waals surface area (Å²) in [6.07, 6.45) is 1.96. The fourth-order valence-corrected chi connectivity index (χ4v) is 4.37. The van der Waals surface area contributed by atoms with Gasteiger partial charge in [-0.05, 0) is 50.1 Å². The quantitative estimate of drug-likeness (QED) is 0.436. The first kappa shape index (κ1) is 22.9. The summed E-state index contributed by atoms with van der Waals surface area (Å²) in [7, 11) is -3.73. The number of benzene rings is 2. The van der Waals surface area contributed by atoms with Crippen LogP contribution >= 0.6 is 11.6 Å². The number of amides is 1. The van der Waals surface area contributed by atoms with E-state index in [0.29, 0.717) is 34.7 Å².